The number of nitrogens with one attached hydrogen (secondary N) is 2. The molecule has 3 nitrogen and oxygen atoms in total. The summed E-state index contributed by atoms with van der Waals surface area (Å²) in [7, 11) is 0. The van der Waals surface area contributed by atoms with Crippen molar-refractivity contribution in [2.45, 2.75) is 37.9 Å². The van der Waals surface area contributed by atoms with Crippen LogP contribution in [0.1, 0.15) is 25.7 Å². The Bertz CT molecular complexity index is 361. The summed E-state index contributed by atoms with van der Waals surface area (Å²) >= 11 is 0. The summed E-state index contributed by atoms with van der Waals surface area (Å²) in [5, 5.41) is 6.18. The van der Waals surface area contributed by atoms with Crippen LogP contribution in [0.5, 0.6) is 0 Å². The zero-order valence-corrected chi connectivity index (χ0v) is 10.7. The van der Waals surface area contributed by atoms with Crippen molar-refractivity contribution in [3.8, 4) is 0 Å². The Hall–Kier alpha value is -0.780. The maximum absolute atomic E-state index is 12.7. The van der Waals surface area contributed by atoms with E-state index in [-0.39, 0.29) is 24.8 Å². The lowest BCUT2D eigenvalue weighted by atomic mass is 9.80. The molecule has 2 N–H and O–H groups in total. The monoisotopic (exact) mass is 276 g/mol. The highest BCUT2D eigenvalue weighted by molar-refractivity contribution is 5.79. The van der Waals surface area contributed by atoms with Crippen LogP contribution in [0.4, 0.5) is 13.2 Å². The van der Waals surface area contributed by atoms with Crippen molar-refractivity contribution in [2.75, 3.05) is 13.1 Å². The first kappa shape index (κ1) is 13.2. The Morgan fingerprint density at radius 3 is 2.47 bits per heavy atom. The van der Waals surface area contributed by atoms with Crippen LogP contribution in [0, 0.1) is 23.7 Å². The molecule has 2 aliphatic carbocycles. The third-order valence-corrected chi connectivity index (χ3v) is 4.91. The van der Waals surface area contributed by atoms with E-state index in [9.17, 15) is 18.0 Å². The molecule has 3 fully saturated rings. The molecule has 19 heavy (non-hydrogen) atoms. The summed E-state index contributed by atoms with van der Waals surface area (Å²) < 4.78 is 38.1. The van der Waals surface area contributed by atoms with E-state index in [0.717, 1.165) is 13.1 Å². The first-order chi connectivity index (χ1) is 8.97. The fourth-order valence-electron chi connectivity index (χ4n) is 3.64. The standard InChI is InChI=1S/C13H19F3N2O/c14-13(15,16)8-3-1-2-7(4-8)12(19)18-11-9-5-17-6-10(9)11/h7-11,17H,1-6H2,(H,18,19). The Kier molecular flexibility index (Phi) is 3.23. The number of piperidine rings is 1. The van der Waals surface area contributed by atoms with Crippen molar-refractivity contribution in [3.63, 3.8) is 0 Å². The highest BCUT2D eigenvalue weighted by Crippen LogP contribution is 2.43. The summed E-state index contributed by atoms with van der Waals surface area (Å²) in [6.07, 6.45) is -2.92. The van der Waals surface area contributed by atoms with Gasteiger partial charge >= 0.3 is 6.18 Å². The van der Waals surface area contributed by atoms with E-state index in [0.29, 0.717) is 24.7 Å². The number of halogens is 3. The van der Waals surface area contributed by atoms with Crippen molar-refractivity contribution in [1.29, 1.82) is 0 Å². The summed E-state index contributed by atoms with van der Waals surface area (Å²) in [6.45, 7) is 1.84. The van der Waals surface area contributed by atoms with Crippen molar-refractivity contribution < 1.29 is 18.0 Å². The van der Waals surface area contributed by atoms with Gasteiger partial charge in [-0.3, -0.25) is 4.79 Å². The molecule has 1 amide bonds. The van der Waals surface area contributed by atoms with Crippen LogP contribution in [0.3, 0.4) is 0 Å². The second-order valence-electron chi connectivity index (χ2n) is 6.12. The number of rotatable bonds is 2. The van der Waals surface area contributed by atoms with Crippen LogP contribution in [-0.4, -0.2) is 31.2 Å². The SMILES string of the molecule is O=C(NC1C2CNCC21)C1CCCC(C(F)(F)F)C1. The lowest BCUT2D eigenvalue weighted by Gasteiger charge is -2.29. The Balaban J connectivity index is 1.52. The average Bonchev–Trinajstić information content (AvgIpc) is 2.81. The Morgan fingerprint density at radius 2 is 1.84 bits per heavy atom. The van der Waals surface area contributed by atoms with E-state index < -0.39 is 18.0 Å². The summed E-state index contributed by atoms with van der Waals surface area (Å²) in [4.78, 5) is 12.1. The van der Waals surface area contributed by atoms with Crippen LogP contribution in [0.2, 0.25) is 0 Å². The molecule has 4 atom stereocenters. The molecule has 6 heteroatoms. The van der Waals surface area contributed by atoms with Gasteiger partial charge in [-0.25, -0.2) is 0 Å². The van der Waals surface area contributed by atoms with Crippen LogP contribution < -0.4 is 10.6 Å². The second-order valence-corrected chi connectivity index (χ2v) is 6.12. The number of hydrogen-bond acceptors (Lipinski definition) is 2. The third kappa shape index (κ3) is 2.59. The molecule has 1 heterocycles. The number of amides is 1. The van der Waals surface area contributed by atoms with Crippen molar-refractivity contribution in [1.82, 2.24) is 10.6 Å². The molecule has 2 saturated carbocycles. The zero-order chi connectivity index (χ0) is 13.6. The molecule has 3 rings (SSSR count). The molecule has 0 aromatic rings. The van der Waals surface area contributed by atoms with Gasteiger partial charge < -0.3 is 10.6 Å². The van der Waals surface area contributed by atoms with Crippen LogP contribution >= 0.6 is 0 Å². The van der Waals surface area contributed by atoms with Gasteiger partial charge in [0.05, 0.1) is 5.92 Å². The number of alkyl halides is 3. The molecule has 1 saturated heterocycles. The highest BCUT2D eigenvalue weighted by atomic mass is 19.4. The van der Waals surface area contributed by atoms with E-state index in [2.05, 4.69) is 10.6 Å². The van der Waals surface area contributed by atoms with E-state index >= 15 is 0 Å². The minimum absolute atomic E-state index is 0.0321. The predicted octanol–water partition coefficient (Wildman–Crippen LogP) is 1.69. The first-order valence-corrected chi connectivity index (χ1v) is 7.04. The molecule has 108 valence electrons. The summed E-state index contributed by atoms with van der Waals surface area (Å²) in [5.74, 6) is -0.891. The van der Waals surface area contributed by atoms with Gasteiger partial charge in [-0.15, -0.1) is 0 Å². The topological polar surface area (TPSA) is 41.1 Å². The molecular weight excluding hydrogens is 257 g/mol. The average molecular weight is 276 g/mol. The highest BCUT2D eigenvalue weighted by Gasteiger charge is 2.54. The summed E-state index contributed by atoms with van der Waals surface area (Å²) in [6, 6.07) is 0.208. The number of hydrogen-bond donors (Lipinski definition) is 2. The Labute approximate surface area is 110 Å². The third-order valence-electron chi connectivity index (χ3n) is 4.91. The van der Waals surface area contributed by atoms with Crippen molar-refractivity contribution >= 4 is 5.91 Å². The van der Waals surface area contributed by atoms with Crippen molar-refractivity contribution in [2.24, 2.45) is 23.7 Å². The van der Waals surface area contributed by atoms with E-state index in [1.54, 1.807) is 0 Å². The molecule has 0 spiro atoms. The molecule has 0 radical (unpaired) electrons. The van der Waals surface area contributed by atoms with Crippen LogP contribution in [0.15, 0.2) is 0 Å². The molecular formula is C13H19F3N2O. The Morgan fingerprint density at radius 1 is 1.16 bits per heavy atom. The largest absolute Gasteiger partial charge is 0.391 e. The van der Waals surface area contributed by atoms with E-state index in [4.69, 9.17) is 0 Å². The van der Waals surface area contributed by atoms with E-state index in [1.165, 1.54) is 0 Å². The van der Waals surface area contributed by atoms with Gasteiger partial charge in [0, 0.05) is 25.0 Å². The normalized spacial score (nSPS) is 41.7. The maximum Gasteiger partial charge on any atom is 0.391 e. The zero-order valence-electron chi connectivity index (χ0n) is 10.7. The van der Waals surface area contributed by atoms with Gasteiger partial charge in [0.15, 0.2) is 0 Å². The fourth-order valence-corrected chi connectivity index (χ4v) is 3.64. The minimum Gasteiger partial charge on any atom is -0.352 e. The fraction of sp³-hybridized carbons (Fsp3) is 0.923. The quantitative estimate of drug-likeness (QED) is 0.806. The van der Waals surface area contributed by atoms with Gasteiger partial charge in [0.25, 0.3) is 0 Å². The van der Waals surface area contributed by atoms with Crippen LogP contribution in [0.25, 0.3) is 0 Å². The minimum atomic E-state index is -4.15. The lowest BCUT2D eigenvalue weighted by Crippen LogP contribution is -2.40. The maximum atomic E-state index is 12.7. The van der Waals surface area contributed by atoms with E-state index in [1.807, 2.05) is 0 Å². The smallest absolute Gasteiger partial charge is 0.352 e. The van der Waals surface area contributed by atoms with Crippen molar-refractivity contribution in [3.05, 3.63) is 0 Å². The molecule has 3 aliphatic rings. The molecule has 1 aliphatic heterocycles. The number of carbonyl (C=O) groups is 1. The molecule has 0 bridgehead atoms. The molecule has 4 unspecified atom stereocenters. The number of fused-ring (bicyclic) bond motifs is 1. The predicted molar refractivity (Wildman–Crippen MR) is 63.3 cm³/mol. The first-order valence-electron chi connectivity index (χ1n) is 7.04. The number of carbonyl (C=O) groups excluding carboxylic acids is 1. The van der Waals surface area contributed by atoms with Gasteiger partial charge in [0.1, 0.15) is 0 Å². The van der Waals surface area contributed by atoms with Gasteiger partial charge in [-0.05, 0) is 31.1 Å². The summed E-state index contributed by atoms with van der Waals surface area (Å²) in [5.41, 5.74) is 0. The van der Waals surface area contributed by atoms with Crippen LogP contribution in [-0.2, 0) is 4.79 Å². The second kappa shape index (κ2) is 4.65. The lowest BCUT2D eigenvalue weighted by molar-refractivity contribution is -0.186. The van der Waals surface area contributed by atoms with Gasteiger partial charge in [0.2, 0.25) is 5.91 Å². The van der Waals surface area contributed by atoms with Gasteiger partial charge in [-0.2, -0.15) is 13.2 Å². The molecule has 0 aromatic heterocycles. The molecule has 0 aromatic carbocycles. The van der Waals surface area contributed by atoms with Gasteiger partial charge in [-0.1, -0.05) is 6.42 Å².